The predicted octanol–water partition coefficient (Wildman–Crippen LogP) is 3.32. The molecular formula is C19H23N3O2. The summed E-state index contributed by atoms with van der Waals surface area (Å²) in [6.45, 7) is 0.902. The van der Waals surface area contributed by atoms with Gasteiger partial charge in [0.25, 0.3) is 0 Å². The third kappa shape index (κ3) is 2.95. The van der Waals surface area contributed by atoms with Crippen LogP contribution in [0.5, 0.6) is 11.6 Å². The van der Waals surface area contributed by atoms with Crippen molar-refractivity contribution in [2.45, 2.75) is 12.3 Å². The number of H-pyrrole nitrogens is 1. The Balaban J connectivity index is 2.13. The summed E-state index contributed by atoms with van der Waals surface area (Å²) in [5.74, 6) is 1.71. The van der Waals surface area contributed by atoms with Crippen LogP contribution in [-0.4, -0.2) is 37.8 Å². The van der Waals surface area contributed by atoms with Crippen molar-refractivity contribution in [3.8, 4) is 11.6 Å². The Morgan fingerprint density at radius 2 is 2.00 bits per heavy atom. The molecule has 24 heavy (non-hydrogen) atoms. The highest BCUT2D eigenvalue weighted by Crippen LogP contribution is 2.38. The Morgan fingerprint density at radius 3 is 2.75 bits per heavy atom. The van der Waals surface area contributed by atoms with Crippen LogP contribution in [0.4, 0.5) is 0 Å². The molecule has 126 valence electrons. The Bertz CT molecular complexity index is 813. The molecule has 0 aliphatic rings. The van der Waals surface area contributed by atoms with E-state index in [-0.39, 0.29) is 5.92 Å². The van der Waals surface area contributed by atoms with Crippen molar-refractivity contribution in [1.82, 2.24) is 15.3 Å². The summed E-state index contributed by atoms with van der Waals surface area (Å²) in [7, 11) is 5.33. The fourth-order valence-corrected chi connectivity index (χ4v) is 3.21. The lowest BCUT2D eigenvalue weighted by Gasteiger charge is -2.19. The average molecular weight is 325 g/mol. The number of methoxy groups -OCH3 is 2. The van der Waals surface area contributed by atoms with Crippen molar-refractivity contribution in [2.75, 3.05) is 27.8 Å². The van der Waals surface area contributed by atoms with Gasteiger partial charge in [0.15, 0.2) is 0 Å². The van der Waals surface area contributed by atoms with Crippen LogP contribution in [-0.2, 0) is 0 Å². The summed E-state index contributed by atoms with van der Waals surface area (Å²) in [5.41, 5.74) is 3.34. The minimum absolute atomic E-state index is 0.182. The average Bonchev–Trinajstić information content (AvgIpc) is 3.06. The van der Waals surface area contributed by atoms with E-state index in [4.69, 9.17) is 9.47 Å². The van der Waals surface area contributed by atoms with E-state index in [0.717, 1.165) is 29.8 Å². The smallest absolute Gasteiger partial charge is 0.216 e. The summed E-state index contributed by atoms with van der Waals surface area (Å²) in [6, 6.07) is 10.2. The molecule has 0 saturated carbocycles. The largest absolute Gasteiger partial charge is 0.495 e. The van der Waals surface area contributed by atoms with Crippen molar-refractivity contribution in [2.24, 2.45) is 0 Å². The van der Waals surface area contributed by atoms with Gasteiger partial charge in [-0.2, -0.15) is 0 Å². The van der Waals surface area contributed by atoms with Crippen LogP contribution >= 0.6 is 0 Å². The third-order valence-corrected chi connectivity index (χ3v) is 4.36. The van der Waals surface area contributed by atoms with Crippen LogP contribution in [0.2, 0.25) is 0 Å². The molecule has 1 unspecified atom stereocenters. The Kier molecular flexibility index (Phi) is 5.01. The summed E-state index contributed by atoms with van der Waals surface area (Å²) >= 11 is 0. The second-order valence-electron chi connectivity index (χ2n) is 5.67. The number of nitrogens with zero attached hydrogens (tertiary/aromatic N) is 1. The minimum atomic E-state index is 0.182. The molecule has 0 saturated heterocycles. The number of hydrogen-bond acceptors (Lipinski definition) is 4. The molecule has 1 aromatic carbocycles. The number of para-hydroxylation sites is 1. The molecule has 0 spiro atoms. The quantitative estimate of drug-likeness (QED) is 0.699. The van der Waals surface area contributed by atoms with Gasteiger partial charge in [0, 0.05) is 29.3 Å². The summed E-state index contributed by atoms with van der Waals surface area (Å²) in [6.07, 6.45) is 4.78. The highest BCUT2D eigenvalue weighted by Gasteiger charge is 2.22. The Hall–Kier alpha value is -2.53. The van der Waals surface area contributed by atoms with Crippen LogP contribution in [0.15, 0.2) is 42.7 Å². The number of nitrogens with one attached hydrogen (secondary N) is 2. The lowest BCUT2D eigenvalue weighted by molar-refractivity contribution is 0.389. The monoisotopic (exact) mass is 325 g/mol. The zero-order valence-electron chi connectivity index (χ0n) is 14.3. The van der Waals surface area contributed by atoms with Crippen molar-refractivity contribution < 1.29 is 9.47 Å². The van der Waals surface area contributed by atoms with E-state index in [2.05, 4.69) is 33.6 Å². The van der Waals surface area contributed by atoms with Gasteiger partial charge in [0.1, 0.15) is 5.75 Å². The first-order valence-electron chi connectivity index (χ1n) is 8.07. The summed E-state index contributed by atoms with van der Waals surface area (Å²) < 4.78 is 11.0. The lowest BCUT2D eigenvalue weighted by Crippen LogP contribution is -2.14. The third-order valence-electron chi connectivity index (χ3n) is 4.36. The van der Waals surface area contributed by atoms with Crippen molar-refractivity contribution >= 4 is 10.9 Å². The number of pyridine rings is 1. The van der Waals surface area contributed by atoms with Crippen molar-refractivity contribution in [3.63, 3.8) is 0 Å². The van der Waals surface area contributed by atoms with Crippen LogP contribution in [0.25, 0.3) is 10.9 Å². The van der Waals surface area contributed by atoms with E-state index < -0.39 is 0 Å². The molecule has 0 amide bonds. The van der Waals surface area contributed by atoms with Gasteiger partial charge in [-0.25, -0.2) is 4.98 Å². The molecule has 0 fully saturated rings. The molecule has 0 radical (unpaired) electrons. The normalized spacial score (nSPS) is 12.3. The number of ether oxygens (including phenoxy) is 2. The number of fused-ring (bicyclic) bond motifs is 1. The predicted molar refractivity (Wildman–Crippen MR) is 96.0 cm³/mol. The maximum Gasteiger partial charge on any atom is 0.216 e. The molecule has 0 aliphatic heterocycles. The molecular weight excluding hydrogens is 302 g/mol. The molecule has 3 rings (SSSR count). The zero-order valence-corrected chi connectivity index (χ0v) is 14.3. The lowest BCUT2D eigenvalue weighted by atomic mass is 9.88. The SMILES string of the molecule is CNCCC(c1cccnc1OC)c1c[nH]c2c(OC)cccc12. The molecule has 0 bridgehead atoms. The topological polar surface area (TPSA) is 59.2 Å². The number of benzene rings is 1. The minimum Gasteiger partial charge on any atom is -0.495 e. The summed E-state index contributed by atoms with van der Waals surface area (Å²) in [5, 5.41) is 4.41. The Morgan fingerprint density at radius 1 is 1.12 bits per heavy atom. The molecule has 2 aromatic heterocycles. The van der Waals surface area contributed by atoms with Crippen molar-refractivity contribution in [3.05, 3.63) is 53.9 Å². The first-order chi connectivity index (χ1) is 11.8. The van der Waals surface area contributed by atoms with E-state index in [0.29, 0.717) is 5.88 Å². The molecule has 0 aliphatic carbocycles. The van der Waals surface area contributed by atoms with E-state index >= 15 is 0 Å². The summed E-state index contributed by atoms with van der Waals surface area (Å²) in [4.78, 5) is 7.74. The molecule has 5 nitrogen and oxygen atoms in total. The van der Waals surface area contributed by atoms with Crippen LogP contribution in [0.3, 0.4) is 0 Å². The van der Waals surface area contributed by atoms with E-state index in [9.17, 15) is 0 Å². The van der Waals surface area contributed by atoms with Gasteiger partial charge >= 0.3 is 0 Å². The number of rotatable bonds is 7. The second-order valence-corrected chi connectivity index (χ2v) is 5.67. The zero-order chi connectivity index (χ0) is 16.9. The van der Waals surface area contributed by atoms with Crippen molar-refractivity contribution in [1.29, 1.82) is 0 Å². The first kappa shape index (κ1) is 16.3. The highest BCUT2D eigenvalue weighted by molar-refractivity contribution is 5.89. The van der Waals surface area contributed by atoms with E-state index in [1.807, 2.05) is 25.2 Å². The van der Waals surface area contributed by atoms with Gasteiger partial charge in [-0.1, -0.05) is 18.2 Å². The van der Waals surface area contributed by atoms with Gasteiger partial charge in [-0.05, 0) is 37.7 Å². The first-order valence-corrected chi connectivity index (χ1v) is 8.07. The van der Waals surface area contributed by atoms with E-state index in [1.165, 1.54) is 10.9 Å². The molecule has 1 atom stereocenters. The Labute approximate surface area is 142 Å². The standard InChI is InChI=1S/C19H23N3O2/c1-20-11-9-13(15-7-5-10-21-19(15)24-3)16-12-22-18-14(16)6-4-8-17(18)23-2/h4-8,10,12-13,20,22H,9,11H2,1-3H3. The number of hydrogen-bond donors (Lipinski definition) is 2. The fraction of sp³-hybridized carbons (Fsp3) is 0.316. The highest BCUT2D eigenvalue weighted by atomic mass is 16.5. The van der Waals surface area contributed by atoms with Gasteiger partial charge in [-0.3, -0.25) is 0 Å². The fourth-order valence-electron chi connectivity index (χ4n) is 3.21. The molecule has 5 heteroatoms. The van der Waals surface area contributed by atoms with Gasteiger partial charge < -0.3 is 19.8 Å². The van der Waals surface area contributed by atoms with E-state index in [1.54, 1.807) is 20.4 Å². The number of aromatic nitrogens is 2. The van der Waals surface area contributed by atoms with Crippen LogP contribution < -0.4 is 14.8 Å². The number of aromatic amines is 1. The van der Waals surface area contributed by atoms with Gasteiger partial charge in [0.2, 0.25) is 5.88 Å². The van der Waals surface area contributed by atoms with Crippen LogP contribution in [0, 0.1) is 0 Å². The molecule has 3 aromatic rings. The molecule has 2 heterocycles. The maximum absolute atomic E-state index is 5.49. The molecule has 2 N–H and O–H groups in total. The van der Waals surface area contributed by atoms with Crippen LogP contribution in [0.1, 0.15) is 23.5 Å². The second kappa shape index (κ2) is 7.36. The maximum atomic E-state index is 5.49. The van der Waals surface area contributed by atoms with Gasteiger partial charge in [0.05, 0.1) is 19.7 Å². The van der Waals surface area contributed by atoms with Gasteiger partial charge in [-0.15, -0.1) is 0 Å².